The summed E-state index contributed by atoms with van der Waals surface area (Å²) in [5, 5.41) is 3.16. The van der Waals surface area contributed by atoms with Gasteiger partial charge in [-0.15, -0.1) is 6.42 Å². The molecule has 0 aromatic rings. The van der Waals surface area contributed by atoms with Crippen LogP contribution in [0, 0.1) is 17.8 Å². The molecule has 1 aliphatic heterocycles. The van der Waals surface area contributed by atoms with E-state index in [0.29, 0.717) is 0 Å². The van der Waals surface area contributed by atoms with Gasteiger partial charge in [0.25, 0.3) is 0 Å². The van der Waals surface area contributed by atoms with Gasteiger partial charge in [0.1, 0.15) is 0 Å². The molecule has 1 atom stereocenters. The van der Waals surface area contributed by atoms with E-state index in [1.165, 1.54) is 0 Å². The Morgan fingerprint density at radius 2 is 2.55 bits per heavy atom. The Bertz CT molecular complexity index is 196. The van der Waals surface area contributed by atoms with Gasteiger partial charge < -0.3 is 5.32 Å². The van der Waals surface area contributed by atoms with Gasteiger partial charge in [-0.25, -0.2) is 0 Å². The molecule has 0 radical (unpaired) electrons. The fourth-order valence-corrected chi connectivity index (χ4v) is 1.55. The first-order chi connectivity index (χ1) is 5.25. The molecule has 0 aliphatic carbocycles. The molecule has 0 bridgehead atoms. The van der Waals surface area contributed by atoms with Crippen molar-refractivity contribution >= 4 is 5.78 Å². The van der Waals surface area contributed by atoms with Crippen molar-refractivity contribution in [3.63, 3.8) is 0 Å². The molecule has 0 spiro atoms. The number of hydrogen-bond donors (Lipinski definition) is 1. The number of terminal acetylenes is 1. The number of ketones is 1. The van der Waals surface area contributed by atoms with Gasteiger partial charge >= 0.3 is 0 Å². The average Bonchev–Trinajstić information content (AvgIpc) is 2.52. The molecule has 0 amide bonds. The second kappa shape index (κ2) is 3.06. The van der Waals surface area contributed by atoms with Crippen molar-refractivity contribution in [1.82, 2.24) is 5.32 Å². The van der Waals surface area contributed by atoms with Crippen molar-refractivity contribution < 1.29 is 4.79 Å². The maximum absolute atomic E-state index is 11.3. The van der Waals surface area contributed by atoms with E-state index < -0.39 is 0 Å². The number of carbonyl (C=O) groups is 1. The molecule has 2 nitrogen and oxygen atoms in total. The molecule has 11 heavy (non-hydrogen) atoms. The summed E-state index contributed by atoms with van der Waals surface area (Å²) in [5.74, 6) is 2.18. The summed E-state index contributed by atoms with van der Waals surface area (Å²) in [6, 6.07) is 0. The predicted octanol–water partition coefficient (Wildman–Crippen LogP) is 0.578. The van der Waals surface area contributed by atoms with Gasteiger partial charge in [-0.1, -0.05) is 6.92 Å². The second-order valence-electron chi connectivity index (χ2n) is 3.03. The Hall–Kier alpha value is -0.810. The van der Waals surface area contributed by atoms with Crippen LogP contribution >= 0.6 is 0 Å². The van der Waals surface area contributed by atoms with E-state index in [4.69, 9.17) is 6.42 Å². The molecule has 1 unspecified atom stereocenters. The minimum atomic E-state index is -0.241. The number of nitrogens with one attached hydrogen (secondary N) is 1. The lowest BCUT2D eigenvalue weighted by atomic mass is 9.80. The molecular formula is C9H13NO. The van der Waals surface area contributed by atoms with Crippen molar-refractivity contribution in [3.05, 3.63) is 0 Å². The number of hydrogen-bond acceptors (Lipinski definition) is 2. The first kappa shape index (κ1) is 8.29. The summed E-state index contributed by atoms with van der Waals surface area (Å²) in [6.07, 6.45) is 6.83. The van der Waals surface area contributed by atoms with E-state index in [-0.39, 0.29) is 11.2 Å². The maximum atomic E-state index is 11.3. The summed E-state index contributed by atoms with van der Waals surface area (Å²) in [7, 11) is 0. The van der Waals surface area contributed by atoms with Crippen molar-refractivity contribution in [1.29, 1.82) is 0 Å². The molecule has 2 heteroatoms. The Balaban J connectivity index is 2.76. The molecule has 1 saturated heterocycles. The molecule has 1 aliphatic rings. The summed E-state index contributed by atoms with van der Waals surface area (Å²) in [6.45, 7) is 3.69. The lowest BCUT2D eigenvalue weighted by molar-refractivity contribution is -0.122. The highest BCUT2D eigenvalue weighted by molar-refractivity contribution is 5.99. The summed E-state index contributed by atoms with van der Waals surface area (Å²) in [5.41, 5.74) is -0.241. The zero-order valence-corrected chi connectivity index (χ0v) is 6.81. The van der Waals surface area contributed by atoms with Gasteiger partial charge in [-0.05, 0) is 25.3 Å². The van der Waals surface area contributed by atoms with E-state index in [9.17, 15) is 4.79 Å². The highest BCUT2D eigenvalue weighted by Crippen LogP contribution is 2.29. The van der Waals surface area contributed by atoms with E-state index in [0.717, 1.165) is 25.9 Å². The Morgan fingerprint density at radius 1 is 1.82 bits per heavy atom. The molecular weight excluding hydrogens is 138 g/mol. The maximum Gasteiger partial charge on any atom is 0.212 e. The molecule has 1 rings (SSSR count). The van der Waals surface area contributed by atoms with Gasteiger partial charge in [-0.2, -0.15) is 0 Å². The summed E-state index contributed by atoms with van der Waals surface area (Å²) >= 11 is 0. The van der Waals surface area contributed by atoms with Crippen LogP contribution in [0.3, 0.4) is 0 Å². The minimum Gasteiger partial charge on any atom is -0.316 e. The van der Waals surface area contributed by atoms with Gasteiger partial charge in [0.15, 0.2) is 0 Å². The van der Waals surface area contributed by atoms with E-state index >= 15 is 0 Å². The zero-order chi connectivity index (χ0) is 8.32. The average molecular weight is 151 g/mol. The third-order valence-electron chi connectivity index (χ3n) is 2.53. The number of Topliss-reactive ketones (excluding diaryl/α,β-unsaturated/α-hetero) is 1. The van der Waals surface area contributed by atoms with Crippen LogP contribution in [0.15, 0.2) is 0 Å². The smallest absolute Gasteiger partial charge is 0.212 e. The fourth-order valence-electron chi connectivity index (χ4n) is 1.55. The minimum absolute atomic E-state index is 0.0370. The van der Waals surface area contributed by atoms with Crippen LogP contribution in [-0.4, -0.2) is 18.9 Å². The van der Waals surface area contributed by atoms with Crippen LogP contribution in [0.25, 0.3) is 0 Å². The highest BCUT2D eigenvalue weighted by Gasteiger charge is 2.38. The SMILES string of the molecule is C#CC(=O)C1(CC)CCNC1. The monoisotopic (exact) mass is 151 g/mol. The van der Waals surface area contributed by atoms with Gasteiger partial charge in [0, 0.05) is 6.54 Å². The molecule has 0 aromatic carbocycles. The van der Waals surface area contributed by atoms with E-state index in [1.807, 2.05) is 6.92 Å². The van der Waals surface area contributed by atoms with E-state index in [2.05, 4.69) is 11.2 Å². The Morgan fingerprint density at radius 3 is 2.91 bits per heavy atom. The molecule has 1 heterocycles. The van der Waals surface area contributed by atoms with Crippen LogP contribution in [0.4, 0.5) is 0 Å². The van der Waals surface area contributed by atoms with Crippen molar-refractivity contribution in [2.24, 2.45) is 5.41 Å². The molecule has 60 valence electrons. The number of carbonyl (C=O) groups excluding carboxylic acids is 1. The van der Waals surface area contributed by atoms with Gasteiger partial charge in [0.2, 0.25) is 5.78 Å². The van der Waals surface area contributed by atoms with Gasteiger partial charge in [0.05, 0.1) is 5.41 Å². The largest absolute Gasteiger partial charge is 0.316 e. The quantitative estimate of drug-likeness (QED) is 0.462. The standard InChI is InChI=1S/C9H13NO/c1-3-8(11)9(4-2)5-6-10-7-9/h1,10H,4-7H2,2H3. The lowest BCUT2D eigenvalue weighted by Gasteiger charge is -2.21. The Labute approximate surface area is 67.4 Å². The van der Waals surface area contributed by atoms with Crippen molar-refractivity contribution in [2.75, 3.05) is 13.1 Å². The summed E-state index contributed by atoms with van der Waals surface area (Å²) < 4.78 is 0. The van der Waals surface area contributed by atoms with Crippen molar-refractivity contribution in [2.45, 2.75) is 19.8 Å². The topological polar surface area (TPSA) is 29.1 Å². The first-order valence-electron chi connectivity index (χ1n) is 3.97. The Kier molecular flexibility index (Phi) is 2.31. The van der Waals surface area contributed by atoms with Crippen molar-refractivity contribution in [3.8, 4) is 12.3 Å². The second-order valence-corrected chi connectivity index (χ2v) is 3.03. The molecule has 1 fully saturated rings. The zero-order valence-electron chi connectivity index (χ0n) is 6.81. The van der Waals surface area contributed by atoms with Crippen LogP contribution in [0.2, 0.25) is 0 Å². The van der Waals surface area contributed by atoms with Gasteiger partial charge in [-0.3, -0.25) is 4.79 Å². The molecule has 0 aromatic heterocycles. The third kappa shape index (κ3) is 1.29. The lowest BCUT2D eigenvalue weighted by Crippen LogP contribution is -2.31. The molecule has 0 saturated carbocycles. The first-order valence-corrected chi connectivity index (χ1v) is 3.97. The normalized spacial score (nSPS) is 29.8. The highest BCUT2D eigenvalue weighted by atomic mass is 16.1. The van der Waals surface area contributed by atoms with Crippen LogP contribution in [-0.2, 0) is 4.79 Å². The number of rotatable bonds is 2. The van der Waals surface area contributed by atoms with Crippen LogP contribution < -0.4 is 5.32 Å². The van der Waals surface area contributed by atoms with Crippen LogP contribution in [0.1, 0.15) is 19.8 Å². The van der Waals surface area contributed by atoms with Crippen LogP contribution in [0.5, 0.6) is 0 Å². The fraction of sp³-hybridized carbons (Fsp3) is 0.667. The predicted molar refractivity (Wildman–Crippen MR) is 44.1 cm³/mol. The molecule has 1 N–H and O–H groups in total. The summed E-state index contributed by atoms with van der Waals surface area (Å²) in [4.78, 5) is 11.3. The van der Waals surface area contributed by atoms with E-state index in [1.54, 1.807) is 0 Å². The third-order valence-corrected chi connectivity index (χ3v) is 2.53.